The van der Waals surface area contributed by atoms with Gasteiger partial charge in [-0.2, -0.15) is 0 Å². The topological polar surface area (TPSA) is 50.1 Å². The molecule has 4 nitrogen and oxygen atoms in total. The maximum absolute atomic E-state index is 10.1. The van der Waals surface area contributed by atoms with Crippen molar-refractivity contribution in [1.29, 1.82) is 0 Å². The summed E-state index contributed by atoms with van der Waals surface area (Å²) in [5.74, 6) is 0. The van der Waals surface area contributed by atoms with E-state index in [1.807, 2.05) is 11.6 Å². The number of aliphatic hydroxyl groups is 1. The molecule has 0 spiro atoms. The quantitative estimate of drug-likeness (QED) is 0.726. The van der Waals surface area contributed by atoms with Gasteiger partial charge in [0.2, 0.25) is 0 Å². The maximum atomic E-state index is 10.1. The first kappa shape index (κ1) is 9.68. The molecule has 4 heteroatoms. The van der Waals surface area contributed by atoms with E-state index in [0.29, 0.717) is 0 Å². The molecule has 0 saturated carbocycles. The van der Waals surface area contributed by atoms with Crippen molar-refractivity contribution in [2.75, 3.05) is 6.54 Å². The molecule has 0 amide bonds. The van der Waals surface area contributed by atoms with E-state index in [4.69, 9.17) is 0 Å². The van der Waals surface area contributed by atoms with Crippen molar-refractivity contribution in [2.45, 2.75) is 31.4 Å². The third-order valence-electron chi connectivity index (χ3n) is 2.89. The SMILES string of the molecule is Cn1cncc1C(O)C1CCCCN1. The highest BCUT2D eigenvalue weighted by atomic mass is 16.3. The number of nitrogens with zero attached hydrogens (tertiary/aromatic N) is 2. The second kappa shape index (κ2) is 4.11. The Hall–Kier alpha value is -0.870. The van der Waals surface area contributed by atoms with Crippen LogP contribution in [-0.4, -0.2) is 27.2 Å². The van der Waals surface area contributed by atoms with Crippen LogP contribution >= 0.6 is 0 Å². The Kier molecular flexibility index (Phi) is 2.84. The van der Waals surface area contributed by atoms with E-state index < -0.39 is 6.10 Å². The van der Waals surface area contributed by atoms with Gasteiger partial charge in [-0.25, -0.2) is 4.98 Å². The molecule has 14 heavy (non-hydrogen) atoms. The fourth-order valence-corrected chi connectivity index (χ4v) is 2.01. The average Bonchev–Trinajstić information content (AvgIpc) is 2.65. The Balaban J connectivity index is 2.07. The summed E-state index contributed by atoms with van der Waals surface area (Å²) in [6.07, 6.45) is 6.50. The highest BCUT2D eigenvalue weighted by Gasteiger charge is 2.24. The molecule has 1 saturated heterocycles. The third-order valence-corrected chi connectivity index (χ3v) is 2.89. The van der Waals surface area contributed by atoms with E-state index in [0.717, 1.165) is 18.7 Å². The van der Waals surface area contributed by atoms with Crippen LogP contribution < -0.4 is 5.32 Å². The van der Waals surface area contributed by atoms with Gasteiger partial charge < -0.3 is 15.0 Å². The van der Waals surface area contributed by atoms with Gasteiger partial charge >= 0.3 is 0 Å². The van der Waals surface area contributed by atoms with Crippen molar-refractivity contribution in [3.05, 3.63) is 18.2 Å². The molecule has 0 bridgehead atoms. The molecule has 2 unspecified atom stereocenters. The van der Waals surface area contributed by atoms with Gasteiger partial charge in [-0.1, -0.05) is 6.42 Å². The molecule has 0 radical (unpaired) electrons. The number of nitrogens with one attached hydrogen (secondary N) is 1. The number of piperidine rings is 1. The Morgan fingerprint density at radius 2 is 2.50 bits per heavy atom. The van der Waals surface area contributed by atoms with Gasteiger partial charge in [0.15, 0.2) is 0 Å². The van der Waals surface area contributed by atoms with Crippen LogP contribution in [0.5, 0.6) is 0 Å². The maximum Gasteiger partial charge on any atom is 0.111 e. The van der Waals surface area contributed by atoms with E-state index in [9.17, 15) is 5.11 Å². The number of imidazole rings is 1. The second-order valence-electron chi connectivity index (χ2n) is 3.93. The molecule has 1 aliphatic rings. The predicted molar refractivity (Wildman–Crippen MR) is 53.8 cm³/mol. The molecule has 2 N–H and O–H groups in total. The smallest absolute Gasteiger partial charge is 0.111 e. The standard InChI is InChI=1S/C10H17N3O/c1-13-7-11-6-9(13)10(14)8-4-2-3-5-12-8/h6-8,10,12,14H,2-5H2,1H3. The first-order valence-corrected chi connectivity index (χ1v) is 5.16. The molecule has 2 atom stereocenters. The number of aromatic nitrogens is 2. The van der Waals surface area contributed by atoms with Gasteiger partial charge in [0.05, 0.1) is 18.2 Å². The highest BCUT2D eigenvalue weighted by Crippen LogP contribution is 2.21. The Bertz CT molecular complexity index is 291. The summed E-state index contributed by atoms with van der Waals surface area (Å²) in [5.41, 5.74) is 0.893. The van der Waals surface area contributed by atoms with Crippen LogP contribution in [0.2, 0.25) is 0 Å². The van der Waals surface area contributed by atoms with Crippen LogP contribution in [0.4, 0.5) is 0 Å². The summed E-state index contributed by atoms with van der Waals surface area (Å²) in [6, 6.07) is 0.194. The largest absolute Gasteiger partial charge is 0.385 e. The van der Waals surface area contributed by atoms with Crippen molar-refractivity contribution >= 4 is 0 Å². The minimum atomic E-state index is -0.428. The number of hydrogen-bond donors (Lipinski definition) is 2. The summed E-state index contributed by atoms with van der Waals surface area (Å²) in [5, 5.41) is 13.4. The lowest BCUT2D eigenvalue weighted by molar-refractivity contribution is 0.107. The second-order valence-corrected chi connectivity index (χ2v) is 3.93. The van der Waals surface area contributed by atoms with Gasteiger partial charge in [0.1, 0.15) is 6.10 Å². The van der Waals surface area contributed by atoms with E-state index >= 15 is 0 Å². The molecule has 0 aliphatic carbocycles. The summed E-state index contributed by atoms with van der Waals surface area (Å²) in [7, 11) is 1.91. The zero-order chi connectivity index (χ0) is 9.97. The first-order chi connectivity index (χ1) is 6.79. The van der Waals surface area contributed by atoms with Crippen LogP contribution in [0.1, 0.15) is 31.1 Å². The van der Waals surface area contributed by atoms with Crippen molar-refractivity contribution in [2.24, 2.45) is 7.05 Å². The van der Waals surface area contributed by atoms with Crippen LogP contribution in [0.25, 0.3) is 0 Å². The summed E-state index contributed by atoms with van der Waals surface area (Å²) < 4.78 is 1.88. The lowest BCUT2D eigenvalue weighted by atomic mass is 9.98. The Labute approximate surface area is 84.0 Å². The van der Waals surface area contributed by atoms with Gasteiger partial charge in [0.25, 0.3) is 0 Å². The highest BCUT2D eigenvalue weighted by molar-refractivity contribution is 5.05. The van der Waals surface area contributed by atoms with Gasteiger partial charge in [-0.3, -0.25) is 0 Å². The summed E-state index contributed by atoms with van der Waals surface area (Å²) >= 11 is 0. The molecule has 78 valence electrons. The molecule has 2 heterocycles. The Morgan fingerprint density at radius 3 is 3.07 bits per heavy atom. The van der Waals surface area contributed by atoms with Crippen molar-refractivity contribution in [3.63, 3.8) is 0 Å². The molecule has 0 aromatic carbocycles. The zero-order valence-electron chi connectivity index (χ0n) is 8.48. The van der Waals surface area contributed by atoms with E-state index in [1.54, 1.807) is 12.5 Å². The van der Waals surface area contributed by atoms with Crippen LogP contribution in [0.3, 0.4) is 0 Å². The fourth-order valence-electron chi connectivity index (χ4n) is 2.01. The van der Waals surface area contributed by atoms with E-state index in [2.05, 4.69) is 10.3 Å². The van der Waals surface area contributed by atoms with Crippen LogP contribution in [-0.2, 0) is 7.05 Å². The summed E-state index contributed by atoms with van der Waals surface area (Å²) in [4.78, 5) is 4.01. The Morgan fingerprint density at radius 1 is 1.64 bits per heavy atom. The monoisotopic (exact) mass is 195 g/mol. The van der Waals surface area contributed by atoms with Crippen LogP contribution in [0, 0.1) is 0 Å². The molecular weight excluding hydrogens is 178 g/mol. The summed E-state index contributed by atoms with van der Waals surface area (Å²) in [6.45, 7) is 1.01. The van der Waals surface area contributed by atoms with Gasteiger partial charge in [-0.05, 0) is 19.4 Å². The van der Waals surface area contributed by atoms with Crippen molar-refractivity contribution < 1.29 is 5.11 Å². The predicted octanol–water partition coefficient (Wildman–Crippen LogP) is 0.596. The van der Waals surface area contributed by atoms with Crippen molar-refractivity contribution in [3.8, 4) is 0 Å². The lowest BCUT2D eigenvalue weighted by Crippen LogP contribution is -2.39. The number of aliphatic hydroxyl groups excluding tert-OH is 1. The molecule has 2 rings (SSSR count). The first-order valence-electron chi connectivity index (χ1n) is 5.16. The average molecular weight is 195 g/mol. The van der Waals surface area contributed by atoms with Crippen molar-refractivity contribution in [1.82, 2.24) is 14.9 Å². The van der Waals surface area contributed by atoms with E-state index in [-0.39, 0.29) is 6.04 Å². The minimum Gasteiger partial charge on any atom is -0.385 e. The molecular formula is C10H17N3O. The van der Waals surface area contributed by atoms with E-state index in [1.165, 1.54) is 12.8 Å². The minimum absolute atomic E-state index is 0.194. The molecule has 1 aliphatic heterocycles. The van der Waals surface area contributed by atoms with Gasteiger partial charge in [-0.15, -0.1) is 0 Å². The zero-order valence-corrected chi connectivity index (χ0v) is 8.48. The van der Waals surface area contributed by atoms with Crippen LogP contribution in [0.15, 0.2) is 12.5 Å². The third kappa shape index (κ3) is 1.81. The number of rotatable bonds is 2. The molecule has 1 aromatic rings. The lowest BCUT2D eigenvalue weighted by Gasteiger charge is -2.27. The molecule has 1 aromatic heterocycles. The normalized spacial score (nSPS) is 24.9. The van der Waals surface area contributed by atoms with Gasteiger partial charge in [0, 0.05) is 13.1 Å². The molecule has 1 fully saturated rings. The number of hydrogen-bond acceptors (Lipinski definition) is 3. The number of aryl methyl sites for hydroxylation is 1. The fraction of sp³-hybridized carbons (Fsp3) is 0.700.